The van der Waals surface area contributed by atoms with Gasteiger partial charge in [0.1, 0.15) is 13.2 Å². The maximum Gasteiger partial charge on any atom is 0.404 e. The first-order valence-electron chi connectivity index (χ1n) is 6.16. The standard InChI is InChI=1S/C13H17N3O5/c1-9-2-4-10(5-3-9)16(8-11(17)18)13(20)15-6-7-21-12(14)19/h2-5H,6-8H2,1H3,(H2,14,19)(H,15,20)(H,17,18). The summed E-state index contributed by atoms with van der Waals surface area (Å²) < 4.78 is 4.46. The van der Waals surface area contributed by atoms with Crippen molar-refractivity contribution >= 4 is 23.8 Å². The van der Waals surface area contributed by atoms with Crippen molar-refractivity contribution in [2.45, 2.75) is 6.92 Å². The van der Waals surface area contributed by atoms with Gasteiger partial charge in [0, 0.05) is 5.69 Å². The van der Waals surface area contributed by atoms with Crippen molar-refractivity contribution < 1.29 is 24.2 Å². The fourth-order valence-corrected chi connectivity index (χ4v) is 1.55. The Morgan fingerprint density at radius 1 is 1.29 bits per heavy atom. The average molecular weight is 295 g/mol. The number of carboxylic acids is 1. The summed E-state index contributed by atoms with van der Waals surface area (Å²) in [6.45, 7) is 1.35. The summed E-state index contributed by atoms with van der Waals surface area (Å²) in [7, 11) is 0. The Hall–Kier alpha value is -2.77. The number of carbonyl (C=O) groups is 3. The van der Waals surface area contributed by atoms with Crippen molar-refractivity contribution in [1.29, 1.82) is 0 Å². The zero-order chi connectivity index (χ0) is 15.8. The van der Waals surface area contributed by atoms with E-state index in [-0.39, 0.29) is 13.2 Å². The van der Waals surface area contributed by atoms with Crippen LogP contribution in [0.3, 0.4) is 0 Å². The van der Waals surface area contributed by atoms with Gasteiger partial charge in [0.15, 0.2) is 0 Å². The fraction of sp³-hybridized carbons (Fsp3) is 0.308. The van der Waals surface area contributed by atoms with Gasteiger partial charge >= 0.3 is 18.1 Å². The Balaban J connectivity index is 2.68. The Morgan fingerprint density at radius 3 is 2.43 bits per heavy atom. The zero-order valence-corrected chi connectivity index (χ0v) is 11.5. The minimum absolute atomic E-state index is 0.0315. The molecule has 1 rings (SSSR count). The maximum atomic E-state index is 12.0. The fourth-order valence-electron chi connectivity index (χ4n) is 1.55. The molecule has 0 heterocycles. The van der Waals surface area contributed by atoms with Crippen molar-refractivity contribution in [2.75, 3.05) is 24.6 Å². The number of nitrogens with two attached hydrogens (primary N) is 1. The number of amides is 3. The van der Waals surface area contributed by atoms with Crippen molar-refractivity contribution in [3.63, 3.8) is 0 Å². The van der Waals surface area contributed by atoms with Gasteiger partial charge < -0.3 is 20.9 Å². The summed E-state index contributed by atoms with van der Waals surface area (Å²) in [5, 5.41) is 11.3. The van der Waals surface area contributed by atoms with E-state index in [0.29, 0.717) is 5.69 Å². The van der Waals surface area contributed by atoms with Crippen LogP contribution >= 0.6 is 0 Å². The second-order valence-corrected chi connectivity index (χ2v) is 4.21. The number of ether oxygens (including phenoxy) is 1. The lowest BCUT2D eigenvalue weighted by atomic mass is 10.2. The van der Waals surface area contributed by atoms with Crippen molar-refractivity contribution in [3.8, 4) is 0 Å². The van der Waals surface area contributed by atoms with E-state index in [1.807, 2.05) is 6.92 Å². The van der Waals surface area contributed by atoms with E-state index in [1.54, 1.807) is 24.3 Å². The summed E-state index contributed by atoms with van der Waals surface area (Å²) in [5.41, 5.74) is 6.22. The number of nitrogens with one attached hydrogen (secondary N) is 1. The Bertz CT molecular complexity index is 515. The lowest BCUT2D eigenvalue weighted by molar-refractivity contribution is -0.135. The Labute approximate surface area is 121 Å². The third kappa shape index (κ3) is 5.81. The third-order valence-corrected chi connectivity index (χ3v) is 2.51. The Morgan fingerprint density at radius 2 is 1.90 bits per heavy atom. The molecule has 0 spiro atoms. The van der Waals surface area contributed by atoms with Gasteiger partial charge in [-0.25, -0.2) is 9.59 Å². The van der Waals surface area contributed by atoms with Crippen LogP contribution in [-0.2, 0) is 9.53 Å². The number of hydrogen-bond acceptors (Lipinski definition) is 4. The molecule has 0 aliphatic heterocycles. The molecule has 1 aromatic carbocycles. The van der Waals surface area contributed by atoms with Crippen LogP contribution in [0.2, 0.25) is 0 Å². The van der Waals surface area contributed by atoms with Gasteiger partial charge in [0.25, 0.3) is 0 Å². The molecule has 21 heavy (non-hydrogen) atoms. The van der Waals surface area contributed by atoms with E-state index in [0.717, 1.165) is 10.5 Å². The smallest absolute Gasteiger partial charge is 0.404 e. The second kappa shape index (κ2) is 7.73. The number of urea groups is 1. The van der Waals surface area contributed by atoms with Crippen LogP contribution in [0.25, 0.3) is 0 Å². The van der Waals surface area contributed by atoms with Crippen LogP contribution in [0, 0.1) is 6.92 Å². The molecule has 0 bridgehead atoms. The molecule has 8 nitrogen and oxygen atoms in total. The van der Waals surface area contributed by atoms with Crippen LogP contribution in [0.5, 0.6) is 0 Å². The quantitative estimate of drug-likeness (QED) is 0.666. The monoisotopic (exact) mass is 295 g/mol. The van der Waals surface area contributed by atoms with Gasteiger partial charge in [-0.1, -0.05) is 17.7 Å². The molecule has 0 radical (unpaired) electrons. The van der Waals surface area contributed by atoms with E-state index in [4.69, 9.17) is 10.8 Å². The summed E-state index contributed by atoms with van der Waals surface area (Å²) in [6.07, 6.45) is -0.940. The molecule has 0 atom stereocenters. The number of rotatable bonds is 6. The molecule has 1 aromatic rings. The molecule has 0 saturated heterocycles. The lowest BCUT2D eigenvalue weighted by Crippen LogP contribution is -2.44. The molecule has 4 N–H and O–H groups in total. The van der Waals surface area contributed by atoms with Gasteiger partial charge in [-0.15, -0.1) is 0 Å². The van der Waals surface area contributed by atoms with Gasteiger partial charge in [-0.3, -0.25) is 9.69 Å². The number of aliphatic carboxylic acids is 1. The predicted octanol–water partition coefficient (Wildman–Crippen LogP) is 0.691. The molecule has 0 aliphatic carbocycles. The molecule has 0 aromatic heterocycles. The van der Waals surface area contributed by atoms with Gasteiger partial charge in [0.2, 0.25) is 0 Å². The van der Waals surface area contributed by atoms with Crippen LogP contribution in [0.15, 0.2) is 24.3 Å². The largest absolute Gasteiger partial charge is 0.480 e. The van der Waals surface area contributed by atoms with E-state index in [2.05, 4.69) is 10.1 Å². The number of aryl methyl sites for hydroxylation is 1. The first-order valence-corrected chi connectivity index (χ1v) is 6.16. The SMILES string of the molecule is Cc1ccc(N(CC(=O)O)C(=O)NCCOC(N)=O)cc1. The topological polar surface area (TPSA) is 122 Å². The third-order valence-electron chi connectivity index (χ3n) is 2.51. The van der Waals surface area contributed by atoms with Gasteiger partial charge in [-0.2, -0.15) is 0 Å². The normalized spacial score (nSPS) is 9.76. The number of nitrogens with zero attached hydrogens (tertiary/aromatic N) is 1. The number of hydrogen-bond donors (Lipinski definition) is 3. The highest BCUT2D eigenvalue weighted by molar-refractivity contribution is 5.96. The van der Waals surface area contributed by atoms with Crippen LogP contribution in [0.4, 0.5) is 15.3 Å². The summed E-state index contributed by atoms with van der Waals surface area (Å²) in [6, 6.07) is 6.24. The summed E-state index contributed by atoms with van der Waals surface area (Å²) in [5.74, 6) is -1.14. The maximum absolute atomic E-state index is 12.0. The highest BCUT2D eigenvalue weighted by Crippen LogP contribution is 2.15. The minimum atomic E-state index is -1.14. The van der Waals surface area contributed by atoms with E-state index in [9.17, 15) is 14.4 Å². The van der Waals surface area contributed by atoms with Crippen LogP contribution in [0.1, 0.15) is 5.56 Å². The highest BCUT2D eigenvalue weighted by Gasteiger charge is 2.18. The molecule has 0 unspecified atom stereocenters. The van der Waals surface area contributed by atoms with E-state index >= 15 is 0 Å². The minimum Gasteiger partial charge on any atom is -0.480 e. The molecule has 8 heteroatoms. The molecule has 114 valence electrons. The molecular formula is C13H17N3O5. The average Bonchev–Trinajstić information content (AvgIpc) is 2.41. The first kappa shape index (κ1) is 16.3. The number of primary amides is 1. The van der Waals surface area contributed by atoms with E-state index < -0.39 is 24.6 Å². The van der Waals surface area contributed by atoms with Crippen molar-refractivity contribution in [2.24, 2.45) is 5.73 Å². The van der Waals surface area contributed by atoms with Gasteiger partial charge in [-0.05, 0) is 19.1 Å². The molecule has 0 aliphatic rings. The van der Waals surface area contributed by atoms with Gasteiger partial charge in [0.05, 0.1) is 6.54 Å². The Kier molecular flexibility index (Phi) is 5.99. The van der Waals surface area contributed by atoms with E-state index in [1.165, 1.54) is 0 Å². The number of carboxylic acid groups (broad SMARTS) is 1. The molecule has 0 saturated carbocycles. The van der Waals surface area contributed by atoms with Crippen LogP contribution < -0.4 is 16.0 Å². The van der Waals surface area contributed by atoms with Crippen molar-refractivity contribution in [3.05, 3.63) is 29.8 Å². The predicted molar refractivity (Wildman–Crippen MR) is 75.1 cm³/mol. The number of benzene rings is 1. The molecule has 0 fully saturated rings. The number of anilines is 1. The zero-order valence-electron chi connectivity index (χ0n) is 11.5. The lowest BCUT2D eigenvalue weighted by Gasteiger charge is -2.21. The molecule has 3 amide bonds. The summed E-state index contributed by atoms with van der Waals surface area (Å²) in [4.78, 5) is 34.3. The number of carbonyl (C=O) groups excluding carboxylic acids is 2. The second-order valence-electron chi connectivity index (χ2n) is 4.21. The first-order chi connectivity index (χ1) is 9.90. The highest BCUT2D eigenvalue weighted by atomic mass is 16.5. The molecular weight excluding hydrogens is 278 g/mol. The van der Waals surface area contributed by atoms with Crippen LogP contribution in [-0.4, -0.2) is 42.9 Å². The summed E-state index contributed by atoms with van der Waals surface area (Å²) >= 11 is 0. The van der Waals surface area contributed by atoms with Crippen molar-refractivity contribution in [1.82, 2.24) is 5.32 Å².